The van der Waals surface area contributed by atoms with Gasteiger partial charge in [0.15, 0.2) is 0 Å². The molecule has 0 aliphatic rings. The molecular weight excluding hydrogens is 218 g/mol. The molecule has 18 heavy (non-hydrogen) atoms. The predicted molar refractivity (Wildman–Crippen MR) is 81.6 cm³/mol. The number of likely N-dealkylation sites (N-methyl/N-ethyl adjacent to an activating group) is 1. The van der Waals surface area contributed by atoms with Crippen molar-refractivity contribution in [3.8, 4) is 0 Å². The number of hydrogen-bond donors (Lipinski definition) is 0. The smallest absolute Gasteiger partial charge is 0.0163 e. The molecule has 0 N–H and O–H groups in total. The van der Waals surface area contributed by atoms with Gasteiger partial charge in [-0.05, 0) is 36.6 Å². The zero-order valence-electron chi connectivity index (χ0n) is 12.7. The Morgan fingerprint density at radius 3 is 2.17 bits per heavy atom. The van der Waals surface area contributed by atoms with Crippen molar-refractivity contribution >= 4 is 5.57 Å². The fraction of sp³-hybridized carbons (Fsp3) is 0.529. The molecule has 1 rings (SSSR count). The summed E-state index contributed by atoms with van der Waals surface area (Å²) < 4.78 is 0. The maximum absolute atomic E-state index is 2.37. The van der Waals surface area contributed by atoms with E-state index in [0.717, 1.165) is 6.54 Å². The molecule has 0 aliphatic carbocycles. The zero-order chi connectivity index (χ0) is 13.8. The van der Waals surface area contributed by atoms with E-state index < -0.39 is 0 Å². The van der Waals surface area contributed by atoms with Gasteiger partial charge in [-0.15, -0.1) is 0 Å². The van der Waals surface area contributed by atoms with Gasteiger partial charge in [-0.25, -0.2) is 0 Å². The number of rotatable bonds is 5. The summed E-state index contributed by atoms with van der Waals surface area (Å²) in [7, 11) is 4.23. The van der Waals surface area contributed by atoms with E-state index in [-0.39, 0.29) is 5.41 Å². The Bertz CT molecular complexity index is 385. The van der Waals surface area contributed by atoms with Gasteiger partial charge in [0.25, 0.3) is 0 Å². The maximum Gasteiger partial charge on any atom is 0.0163 e. The van der Waals surface area contributed by atoms with Gasteiger partial charge in [0.2, 0.25) is 0 Å². The van der Waals surface area contributed by atoms with Crippen molar-refractivity contribution in [2.75, 3.05) is 20.6 Å². The fourth-order valence-corrected chi connectivity index (χ4v) is 1.96. The third kappa shape index (κ3) is 3.71. The summed E-state index contributed by atoms with van der Waals surface area (Å²) in [6.45, 7) is 10.3. The lowest BCUT2D eigenvalue weighted by Crippen LogP contribution is -2.22. The molecule has 100 valence electrons. The topological polar surface area (TPSA) is 3.24 Å². The molecule has 1 nitrogen and oxygen atoms in total. The molecule has 0 atom stereocenters. The van der Waals surface area contributed by atoms with Crippen LogP contribution in [-0.4, -0.2) is 25.5 Å². The van der Waals surface area contributed by atoms with E-state index in [2.05, 4.69) is 83.1 Å². The van der Waals surface area contributed by atoms with Crippen molar-refractivity contribution in [1.82, 2.24) is 4.90 Å². The molecule has 0 unspecified atom stereocenters. The Balaban J connectivity index is 3.15. The molecule has 1 aromatic carbocycles. The molecule has 0 spiro atoms. The van der Waals surface area contributed by atoms with Crippen LogP contribution in [0.15, 0.2) is 36.4 Å². The molecular formula is C17H27N. The Morgan fingerprint density at radius 1 is 1.17 bits per heavy atom. The third-order valence-electron chi connectivity index (χ3n) is 3.88. The van der Waals surface area contributed by atoms with E-state index in [9.17, 15) is 0 Å². The lowest BCUT2D eigenvalue weighted by Gasteiger charge is -2.33. The highest BCUT2D eigenvalue weighted by Gasteiger charge is 2.27. The Morgan fingerprint density at radius 2 is 1.72 bits per heavy atom. The van der Waals surface area contributed by atoms with Crippen molar-refractivity contribution in [2.24, 2.45) is 11.3 Å². The van der Waals surface area contributed by atoms with E-state index in [0.29, 0.717) is 5.92 Å². The SMILES string of the molecule is CC(C)C(C)(C)C(=CCN(C)C)c1ccccc1. The normalized spacial score (nSPS) is 13.4. The molecule has 0 aromatic heterocycles. The molecule has 0 aliphatic heterocycles. The van der Waals surface area contributed by atoms with Crippen molar-refractivity contribution in [3.05, 3.63) is 42.0 Å². The van der Waals surface area contributed by atoms with Crippen molar-refractivity contribution < 1.29 is 0 Å². The molecule has 0 fully saturated rings. The molecule has 1 aromatic rings. The fourth-order valence-electron chi connectivity index (χ4n) is 1.96. The summed E-state index contributed by atoms with van der Waals surface area (Å²) in [5, 5.41) is 0. The van der Waals surface area contributed by atoms with Crippen LogP contribution in [-0.2, 0) is 0 Å². The second kappa shape index (κ2) is 6.19. The highest BCUT2D eigenvalue weighted by atomic mass is 15.0. The lowest BCUT2D eigenvalue weighted by atomic mass is 9.72. The van der Waals surface area contributed by atoms with Gasteiger partial charge < -0.3 is 4.90 Å². The van der Waals surface area contributed by atoms with Crippen LogP contribution >= 0.6 is 0 Å². The Kier molecular flexibility index (Phi) is 5.15. The molecule has 0 radical (unpaired) electrons. The van der Waals surface area contributed by atoms with E-state index >= 15 is 0 Å². The van der Waals surface area contributed by atoms with Crippen LogP contribution in [0, 0.1) is 11.3 Å². The highest BCUT2D eigenvalue weighted by Crippen LogP contribution is 2.40. The van der Waals surface area contributed by atoms with E-state index in [1.165, 1.54) is 11.1 Å². The minimum atomic E-state index is 0.192. The first kappa shape index (κ1) is 15.0. The predicted octanol–water partition coefficient (Wildman–Crippen LogP) is 4.31. The summed E-state index contributed by atoms with van der Waals surface area (Å²) >= 11 is 0. The zero-order valence-corrected chi connectivity index (χ0v) is 12.7. The third-order valence-corrected chi connectivity index (χ3v) is 3.88. The second-order valence-electron chi connectivity index (χ2n) is 6.12. The van der Waals surface area contributed by atoms with Gasteiger partial charge >= 0.3 is 0 Å². The van der Waals surface area contributed by atoms with Crippen LogP contribution in [0.4, 0.5) is 0 Å². The first-order valence-electron chi connectivity index (χ1n) is 6.76. The van der Waals surface area contributed by atoms with Gasteiger partial charge in [-0.1, -0.05) is 64.1 Å². The largest absolute Gasteiger partial charge is 0.306 e. The summed E-state index contributed by atoms with van der Waals surface area (Å²) in [6, 6.07) is 10.7. The summed E-state index contributed by atoms with van der Waals surface area (Å²) in [5.41, 5.74) is 2.99. The summed E-state index contributed by atoms with van der Waals surface area (Å²) in [5.74, 6) is 0.617. The monoisotopic (exact) mass is 245 g/mol. The van der Waals surface area contributed by atoms with E-state index in [1.54, 1.807) is 0 Å². The van der Waals surface area contributed by atoms with Gasteiger partial charge in [-0.2, -0.15) is 0 Å². The minimum absolute atomic E-state index is 0.192. The first-order chi connectivity index (χ1) is 8.35. The van der Waals surface area contributed by atoms with Crippen LogP contribution in [0.25, 0.3) is 5.57 Å². The lowest BCUT2D eigenvalue weighted by molar-refractivity contribution is 0.347. The van der Waals surface area contributed by atoms with Crippen LogP contribution in [0.3, 0.4) is 0 Å². The maximum atomic E-state index is 2.37. The molecule has 1 heteroatoms. The number of nitrogens with zero attached hydrogens (tertiary/aromatic N) is 1. The molecule has 0 saturated heterocycles. The van der Waals surface area contributed by atoms with Crippen LogP contribution in [0.2, 0.25) is 0 Å². The molecule has 0 heterocycles. The molecule has 0 bridgehead atoms. The van der Waals surface area contributed by atoms with Crippen LogP contribution in [0.1, 0.15) is 33.3 Å². The number of hydrogen-bond acceptors (Lipinski definition) is 1. The Labute approximate surface area is 113 Å². The van der Waals surface area contributed by atoms with Crippen molar-refractivity contribution in [3.63, 3.8) is 0 Å². The highest BCUT2D eigenvalue weighted by molar-refractivity contribution is 5.70. The Hall–Kier alpha value is -1.08. The van der Waals surface area contributed by atoms with Gasteiger partial charge in [-0.3, -0.25) is 0 Å². The summed E-state index contributed by atoms with van der Waals surface area (Å²) in [6.07, 6.45) is 2.37. The van der Waals surface area contributed by atoms with Gasteiger partial charge in [0, 0.05) is 6.54 Å². The van der Waals surface area contributed by atoms with Crippen molar-refractivity contribution in [1.29, 1.82) is 0 Å². The first-order valence-corrected chi connectivity index (χ1v) is 6.76. The van der Waals surface area contributed by atoms with Crippen molar-refractivity contribution in [2.45, 2.75) is 27.7 Å². The standard InChI is InChI=1S/C17H27N/c1-14(2)17(3,4)16(12-13-18(5)6)15-10-8-7-9-11-15/h7-12,14H,13H2,1-6H3. The average Bonchev–Trinajstić information content (AvgIpc) is 2.29. The number of allylic oxidation sites excluding steroid dienone is 1. The van der Waals surface area contributed by atoms with E-state index in [1.807, 2.05) is 0 Å². The van der Waals surface area contributed by atoms with Gasteiger partial charge in [0.1, 0.15) is 0 Å². The van der Waals surface area contributed by atoms with Gasteiger partial charge in [0.05, 0.1) is 0 Å². The van der Waals surface area contributed by atoms with Crippen LogP contribution < -0.4 is 0 Å². The van der Waals surface area contributed by atoms with E-state index in [4.69, 9.17) is 0 Å². The number of benzene rings is 1. The van der Waals surface area contributed by atoms with Crippen LogP contribution in [0.5, 0.6) is 0 Å². The molecule has 0 amide bonds. The summed E-state index contributed by atoms with van der Waals surface area (Å²) in [4.78, 5) is 2.21. The molecule has 0 saturated carbocycles. The quantitative estimate of drug-likeness (QED) is 0.747. The second-order valence-corrected chi connectivity index (χ2v) is 6.12. The average molecular weight is 245 g/mol. The minimum Gasteiger partial charge on any atom is -0.306 e.